The second kappa shape index (κ2) is 6.42. The molecule has 1 aromatic carbocycles. The Balaban J connectivity index is 3.17. The smallest absolute Gasteiger partial charge is 0.248 e. The minimum Gasteiger partial charge on any atom is -0.398 e. The Morgan fingerprint density at radius 2 is 2.05 bits per heavy atom. The molecule has 7 nitrogen and oxygen atoms in total. The number of aliphatic hydroxyl groups is 1. The van der Waals surface area contributed by atoms with Gasteiger partial charge in [-0.25, -0.2) is 13.1 Å². The van der Waals surface area contributed by atoms with Crippen LogP contribution in [0.5, 0.6) is 0 Å². The van der Waals surface area contributed by atoms with Crippen molar-refractivity contribution in [3.05, 3.63) is 23.8 Å². The Kier molecular flexibility index (Phi) is 5.32. The van der Waals surface area contributed by atoms with E-state index in [0.29, 0.717) is 6.42 Å². The summed E-state index contributed by atoms with van der Waals surface area (Å²) in [5.41, 5.74) is 10.1. The third kappa shape index (κ3) is 4.16. The number of rotatable bonds is 7. The fourth-order valence-corrected chi connectivity index (χ4v) is 3.49. The number of nitrogens with one attached hydrogen (secondary N) is 1. The fourth-order valence-electron chi connectivity index (χ4n) is 1.87. The molecule has 1 unspecified atom stereocenters. The first-order chi connectivity index (χ1) is 9.65. The van der Waals surface area contributed by atoms with Crippen molar-refractivity contribution in [3.8, 4) is 0 Å². The summed E-state index contributed by atoms with van der Waals surface area (Å²) in [7, 11) is -3.86. The predicted molar refractivity (Wildman–Crippen MR) is 80.1 cm³/mol. The molecule has 21 heavy (non-hydrogen) atoms. The number of anilines is 1. The van der Waals surface area contributed by atoms with Crippen molar-refractivity contribution in [2.75, 3.05) is 12.3 Å². The molecule has 118 valence electrons. The quantitative estimate of drug-likeness (QED) is 0.533. The summed E-state index contributed by atoms with van der Waals surface area (Å²) in [5, 5.41) is 9.04. The molecule has 0 saturated heterocycles. The van der Waals surface area contributed by atoms with Gasteiger partial charge in [0, 0.05) is 17.7 Å². The topological polar surface area (TPSA) is 136 Å². The molecule has 0 aromatic heterocycles. The van der Waals surface area contributed by atoms with Crippen molar-refractivity contribution in [2.24, 2.45) is 5.73 Å². The zero-order valence-corrected chi connectivity index (χ0v) is 12.9. The highest BCUT2D eigenvalue weighted by Crippen LogP contribution is 2.23. The molecule has 0 fully saturated rings. The second-order valence-electron chi connectivity index (χ2n) is 5.11. The van der Waals surface area contributed by atoms with Crippen LogP contribution < -0.4 is 16.2 Å². The molecule has 1 amide bonds. The minimum absolute atomic E-state index is 0.0544. The molecular weight excluding hydrogens is 294 g/mol. The molecule has 6 N–H and O–H groups in total. The first kappa shape index (κ1) is 17.4. The Morgan fingerprint density at radius 1 is 1.43 bits per heavy atom. The number of hydrogen-bond donors (Lipinski definition) is 4. The molecule has 0 aliphatic carbocycles. The van der Waals surface area contributed by atoms with Crippen LogP contribution >= 0.6 is 0 Å². The number of benzene rings is 1. The zero-order valence-electron chi connectivity index (χ0n) is 12.1. The van der Waals surface area contributed by atoms with Crippen LogP contribution in [0.25, 0.3) is 0 Å². The highest BCUT2D eigenvalue weighted by Gasteiger charge is 2.29. The first-order valence-electron chi connectivity index (χ1n) is 6.49. The van der Waals surface area contributed by atoms with Gasteiger partial charge in [-0.3, -0.25) is 4.79 Å². The summed E-state index contributed by atoms with van der Waals surface area (Å²) in [5.74, 6) is -0.683. The molecule has 0 aliphatic rings. The van der Waals surface area contributed by atoms with Gasteiger partial charge >= 0.3 is 0 Å². The highest BCUT2D eigenvalue weighted by molar-refractivity contribution is 7.89. The van der Waals surface area contributed by atoms with Gasteiger partial charge in [-0.2, -0.15) is 0 Å². The van der Waals surface area contributed by atoms with Crippen molar-refractivity contribution in [2.45, 2.75) is 37.1 Å². The molecule has 0 heterocycles. The Labute approximate surface area is 124 Å². The highest BCUT2D eigenvalue weighted by atomic mass is 32.2. The van der Waals surface area contributed by atoms with Crippen molar-refractivity contribution in [3.63, 3.8) is 0 Å². The van der Waals surface area contributed by atoms with Crippen molar-refractivity contribution in [1.29, 1.82) is 0 Å². The number of nitrogens with two attached hydrogens (primary N) is 2. The molecule has 0 spiro atoms. The summed E-state index contributed by atoms with van der Waals surface area (Å²) in [6, 6.07) is 3.78. The number of amides is 1. The molecule has 0 radical (unpaired) electrons. The van der Waals surface area contributed by atoms with Crippen molar-refractivity contribution >= 4 is 21.6 Å². The summed E-state index contributed by atoms with van der Waals surface area (Å²) in [6.45, 7) is 3.38. The molecule has 0 aliphatic heterocycles. The Morgan fingerprint density at radius 3 is 2.48 bits per heavy atom. The summed E-state index contributed by atoms with van der Waals surface area (Å²) in [6.07, 6.45) is 0.786. The Bertz CT molecular complexity index is 630. The molecule has 1 atom stereocenters. The standard InChI is InChI=1S/C13H21N3O4S/c1-3-13(2,6-7-17)16-21(19,20)11-5-4-9(12(15)18)8-10(11)14/h4-5,8,16-17H,3,6-7,14H2,1-2H3,(H2,15,18). The number of nitrogen functional groups attached to an aromatic ring is 1. The summed E-state index contributed by atoms with van der Waals surface area (Å²) in [4.78, 5) is 10.9. The van der Waals surface area contributed by atoms with Crippen LogP contribution in [0, 0.1) is 0 Å². The van der Waals surface area contributed by atoms with Gasteiger partial charge < -0.3 is 16.6 Å². The number of aliphatic hydroxyl groups excluding tert-OH is 1. The number of carbonyl (C=O) groups excluding carboxylic acids is 1. The third-order valence-electron chi connectivity index (χ3n) is 3.41. The van der Waals surface area contributed by atoms with E-state index in [-0.39, 0.29) is 29.2 Å². The van der Waals surface area contributed by atoms with E-state index in [9.17, 15) is 13.2 Å². The van der Waals surface area contributed by atoms with E-state index in [0.717, 1.165) is 0 Å². The lowest BCUT2D eigenvalue weighted by molar-refractivity contribution is 0.1000. The first-order valence-corrected chi connectivity index (χ1v) is 7.97. The maximum atomic E-state index is 12.4. The normalized spacial score (nSPS) is 14.6. The van der Waals surface area contributed by atoms with Gasteiger partial charge in [0.2, 0.25) is 15.9 Å². The average Bonchev–Trinajstić information content (AvgIpc) is 2.37. The summed E-state index contributed by atoms with van der Waals surface area (Å²) >= 11 is 0. The molecule has 8 heteroatoms. The van der Waals surface area contributed by atoms with Crippen LogP contribution in [0.2, 0.25) is 0 Å². The lowest BCUT2D eigenvalue weighted by Gasteiger charge is -2.28. The maximum Gasteiger partial charge on any atom is 0.248 e. The Hall–Kier alpha value is -1.64. The van der Waals surface area contributed by atoms with Crippen LogP contribution in [-0.2, 0) is 10.0 Å². The molecule has 0 bridgehead atoms. The molecule has 0 saturated carbocycles. The van der Waals surface area contributed by atoms with Crippen LogP contribution in [0.15, 0.2) is 23.1 Å². The average molecular weight is 315 g/mol. The van der Waals surface area contributed by atoms with E-state index in [1.54, 1.807) is 6.92 Å². The van der Waals surface area contributed by atoms with Gasteiger partial charge in [-0.05, 0) is 38.0 Å². The summed E-state index contributed by atoms with van der Waals surface area (Å²) < 4.78 is 27.3. The van der Waals surface area contributed by atoms with Crippen LogP contribution in [-0.4, -0.2) is 31.6 Å². The largest absolute Gasteiger partial charge is 0.398 e. The van der Waals surface area contributed by atoms with Gasteiger partial charge in [0.05, 0.1) is 5.69 Å². The van der Waals surface area contributed by atoms with E-state index in [4.69, 9.17) is 16.6 Å². The lowest BCUT2D eigenvalue weighted by atomic mass is 9.97. The van der Waals surface area contributed by atoms with E-state index in [1.165, 1.54) is 18.2 Å². The van der Waals surface area contributed by atoms with Gasteiger partial charge in [-0.1, -0.05) is 6.92 Å². The van der Waals surface area contributed by atoms with Crippen LogP contribution in [0.3, 0.4) is 0 Å². The van der Waals surface area contributed by atoms with Gasteiger partial charge in [0.15, 0.2) is 0 Å². The molecule has 1 rings (SSSR count). The van der Waals surface area contributed by atoms with E-state index < -0.39 is 21.5 Å². The number of hydrogen-bond acceptors (Lipinski definition) is 5. The lowest BCUT2D eigenvalue weighted by Crippen LogP contribution is -2.46. The van der Waals surface area contributed by atoms with E-state index in [1.807, 2.05) is 6.92 Å². The molecular formula is C13H21N3O4S. The second-order valence-corrected chi connectivity index (χ2v) is 6.76. The van der Waals surface area contributed by atoms with Crippen molar-refractivity contribution in [1.82, 2.24) is 4.72 Å². The number of primary amides is 1. The number of sulfonamides is 1. The number of carbonyl (C=O) groups is 1. The van der Waals surface area contributed by atoms with Crippen LogP contribution in [0.4, 0.5) is 5.69 Å². The molecule has 1 aromatic rings. The van der Waals surface area contributed by atoms with Gasteiger partial charge in [0.25, 0.3) is 0 Å². The van der Waals surface area contributed by atoms with Gasteiger partial charge in [-0.15, -0.1) is 0 Å². The van der Waals surface area contributed by atoms with Gasteiger partial charge in [0.1, 0.15) is 4.90 Å². The minimum atomic E-state index is -3.86. The predicted octanol–water partition coefficient (Wildman–Crippen LogP) is 0.197. The SMILES string of the molecule is CCC(C)(CCO)NS(=O)(=O)c1ccc(C(N)=O)cc1N. The van der Waals surface area contributed by atoms with E-state index >= 15 is 0 Å². The van der Waals surface area contributed by atoms with Crippen LogP contribution in [0.1, 0.15) is 37.0 Å². The van der Waals surface area contributed by atoms with Crippen molar-refractivity contribution < 1.29 is 18.3 Å². The van der Waals surface area contributed by atoms with E-state index in [2.05, 4.69) is 4.72 Å². The third-order valence-corrected chi connectivity index (χ3v) is 5.12. The monoisotopic (exact) mass is 315 g/mol. The fraction of sp³-hybridized carbons (Fsp3) is 0.462. The zero-order chi connectivity index (χ0) is 16.3. The maximum absolute atomic E-state index is 12.4.